The van der Waals surface area contributed by atoms with Crippen LogP contribution in [0.1, 0.15) is 21.5 Å². The Balaban J connectivity index is 1.61. The molecule has 9 heteroatoms. The number of aliphatic imine (C=N–C) groups is 1. The second kappa shape index (κ2) is 9.83. The van der Waals surface area contributed by atoms with Gasteiger partial charge >= 0.3 is 0 Å². The van der Waals surface area contributed by atoms with Crippen LogP contribution in [0.25, 0.3) is 5.57 Å². The van der Waals surface area contributed by atoms with Crippen LogP contribution in [0.3, 0.4) is 0 Å². The molecule has 170 valence electrons. The van der Waals surface area contributed by atoms with Crippen molar-refractivity contribution in [1.29, 1.82) is 0 Å². The summed E-state index contributed by atoms with van der Waals surface area (Å²) >= 11 is 0. The van der Waals surface area contributed by atoms with Crippen molar-refractivity contribution in [2.75, 3.05) is 13.2 Å². The maximum absolute atomic E-state index is 14.8. The number of aromatic nitrogens is 2. The zero-order valence-electron chi connectivity index (χ0n) is 17.5. The number of nitrogens with zero attached hydrogens (tertiary/aromatic N) is 3. The molecule has 0 bridgehead atoms. The van der Waals surface area contributed by atoms with E-state index in [0.29, 0.717) is 0 Å². The monoisotopic (exact) mass is 454 g/mol. The molecule has 0 saturated carbocycles. The molecule has 0 spiro atoms. The SMILES string of the molecule is O=C(N[C@H](Cn1cccn1)[C@H](F)CO)c1cccc(F)c1C1=NCC(c2ccc(F)cc2)=C1. The third-order valence-corrected chi connectivity index (χ3v) is 5.33. The zero-order chi connectivity index (χ0) is 23.4. The molecule has 1 amide bonds. The highest BCUT2D eigenvalue weighted by Crippen LogP contribution is 2.25. The van der Waals surface area contributed by atoms with Crippen molar-refractivity contribution in [2.45, 2.75) is 18.8 Å². The zero-order valence-corrected chi connectivity index (χ0v) is 17.5. The molecular weight excluding hydrogens is 433 g/mol. The molecule has 0 fully saturated rings. The summed E-state index contributed by atoms with van der Waals surface area (Å²) in [4.78, 5) is 17.4. The second-order valence-electron chi connectivity index (χ2n) is 7.55. The average molecular weight is 454 g/mol. The van der Waals surface area contributed by atoms with Crippen molar-refractivity contribution in [2.24, 2.45) is 4.99 Å². The number of rotatable bonds is 8. The van der Waals surface area contributed by atoms with E-state index in [1.54, 1.807) is 30.5 Å². The molecule has 2 N–H and O–H groups in total. The molecule has 1 aromatic heterocycles. The number of carbonyl (C=O) groups is 1. The fraction of sp³-hybridized carbons (Fsp3) is 0.208. The van der Waals surface area contributed by atoms with Crippen LogP contribution in [-0.2, 0) is 6.54 Å². The predicted octanol–water partition coefficient (Wildman–Crippen LogP) is 3.18. The van der Waals surface area contributed by atoms with E-state index in [2.05, 4.69) is 15.4 Å². The number of halogens is 3. The third kappa shape index (κ3) is 5.04. The van der Waals surface area contributed by atoms with E-state index in [4.69, 9.17) is 0 Å². The number of carbonyl (C=O) groups excluding carboxylic acids is 1. The standard InChI is InChI=1S/C24H21F3N4O2/c25-17-7-5-15(6-8-17)16-11-21(28-12-16)23-18(3-1-4-19(23)26)24(33)30-22(20(27)14-32)13-31-10-2-9-29-31/h1-11,20,22,32H,12-14H2,(H,30,33)/t20-,22-/m1/s1. The smallest absolute Gasteiger partial charge is 0.252 e. The molecule has 0 unspecified atom stereocenters. The van der Waals surface area contributed by atoms with Gasteiger partial charge < -0.3 is 10.4 Å². The molecule has 6 nitrogen and oxygen atoms in total. The molecule has 1 aliphatic heterocycles. The molecule has 2 atom stereocenters. The van der Waals surface area contributed by atoms with Gasteiger partial charge in [-0.2, -0.15) is 5.10 Å². The van der Waals surface area contributed by atoms with E-state index in [-0.39, 0.29) is 35.7 Å². The first-order valence-electron chi connectivity index (χ1n) is 10.3. The number of hydrogen-bond donors (Lipinski definition) is 2. The van der Waals surface area contributed by atoms with Crippen LogP contribution in [-0.4, -0.2) is 51.9 Å². The summed E-state index contributed by atoms with van der Waals surface area (Å²) in [6, 6.07) is 10.4. The highest BCUT2D eigenvalue weighted by atomic mass is 19.1. The highest BCUT2D eigenvalue weighted by molar-refractivity contribution is 6.19. The molecule has 2 aromatic carbocycles. The summed E-state index contributed by atoms with van der Waals surface area (Å²) in [6.07, 6.45) is 3.02. The van der Waals surface area contributed by atoms with Gasteiger partial charge in [-0.3, -0.25) is 14.5 Å². The van der Waals surface area contributed by atoms with Crippen molar-refractivity contribution in [1.82, 2.24) is 15.1 Å². The van der Waals surface area contributed by atoms with Crippen molar-refractivity contribution in [3.05, 3.63) is 95.3 Å². The Labute approximate surface area is 188 Å². The van der Waals surface area contributed by atoms with Crippen LogP contribution in [0.2, 0.25) is 0 Å². The summed E-state index contributed by atoms with van der Waals surface area (Å²) < 4.78 is 43.9. The van der Waals surface area contributed by atoms with Crippen LogP contribution in [0.15, 0.2) is 72.0 Å². The molecule has 0 aliphatic carbocycles. The lowest BCUT2D eigenvalue weighted by molar-refractivity contribution is 0.0849. The van der Waals surface area contributed by atoms with Gasteiger partial charge in [-0.25, -0.2) is 13.2 Å². The number of allylic oxidation sites excluding steroid dienone is 1. The lowest BCUT2D eigenvalue weighted by Crippen LogP contribution is -2.46. The second-order valence-corrected chi connectivity index (χ2v) is 7.55. The Kier molecular flexibility index (Phi) is 6.69. The van der Waals surface area contributed by atoms with Gasteiger partial charge in [-0.1, -0.05) is 18.2 Å². The first-order valence-corrected chi connectivity index (χ1v) is 10.3. The Morgan fingerprint density at radius 2 is 1.94 bits per heavy atom. The minimum Gasteiger partial charge on any atom is -0.393 e. The first-order chi connectivity index (χ1) is 16.0. The molecular formula is C24H21F3N4O2. The maximum Gasteiger partial charge on any atom is 0.252 e. The number of aliphatic hydroxyl groups is 1. The minimum atomic E-state index is -1.75. The van der Waals surface area contributed by atoms with Gasteiger partial charge in [0.1, 0.15) is 17.8 Å². The van der Waals surface area contributed by atoms with Crippen molar-refractivity contribution >= 4 is 17.2 Å². The van der Waals surface area contributed by atoms with Gasteiger partial charge in [0.25, 0.3) is 5.91 Å². The highest BCUT2D eigenvalue weighted by Gasteiger charge is 2.27. The summed E-state index contributed by atoms with van der Waals surface area (Å²) in [5.41, 5.74) is 1.73. The van der Waals surface area contributed by atoms with Crippen LogP contribution in [0.5, 0.6) is 0 Å². The molecule has 33 heavy (non-hydrogen) atoms. The minimum absolute atomic E-state index is 0.00985. The molecule has 4 rings (SSSR count). The van der Waals surface area contributed by atoms with Crippen molar-refractivity contribution in [3.8, 4) is 0 Å². The van der Waals surface area contributed by atoms with Crippen LogP contribution < -0.4 is 5.32 Å². The van der Waals surface area contributed by atoms with E-state index < -0.39 is 30.5 Å². The Hall–Kier alpha value is -3.72. The van der Waals surface area contributed by atoms with Crippen molar-refractivity contribution < 1.29 is 23.1 Å². The van der Waals surface area contributed by atoms with Crippen LogP contribution in [0.4, 0.5) is 13.2 Å². The number of alkyl halides is 1. The lowest BCUT2D eigenvalue weighted by Gasteiger charge is -2.22. The third-order valence-electron chi connectivity index (χ3n) is 5.33. The van der Waals surface area contributed by atoms with Gasteiger partial charge in [0.15, 0.2) is 0 Å². The topological polar surface area (TPSA) is 79.5 Å². The summed E-state index contributed by atoms with van der Waals surface area (Å²) in [6.45, 7) is -0.561. The molecule has 3 aromatic rings. The van der Waals surface area contributed by atoms with Crippen molar-refractivity contribution in [3.63, 3.8) is 0 Å². The van der Waals surface area contributed by atoms with Gasteiger partial charge in [0, 0.05) is 18.0 Å². The van der Waals surface area contributed by atoms with Crippen LogP contribution >= 0.6 is 0 Å². The quantitative estimate of drug-likeness (QED) is 0.549. The normalized spacial score (nSPS) is 15.0. The summed E-state index contributed by atoms with van der Waals surface area (Å²) in [5, 5.41) is 15.8. The summed E-state index contributed by atoms with van der Waals surface area (Å²) in [5.74, 6) is -1.73. The lowest BCUT2D eigenvalue weighted by atomic mass is 9.99. The fourth-order valence-electron chi connectivity index (χ4n) is 3.62. The number of benzene rings is 2. The maximum atomic E-state index is 14.8. The van der Waals surface area contributed by atoms with E-state index in [1.165, 1.54) is 41.2 Å². The largest absolute Gasteiger partial charge is 0.393 e. The Morgan fingerprint density at radius 3 is 2.64 bits per heavy atom. The Bertz CT molecular complexity index is 1190. The van der Waals surface area contributed by atoms with Gasteiger partial charge in [0.05, 0.1) is 37.0 Å². The van der Waals surface area contributed by atoms with E-state index >= 15 is 0 Å². The molecule has 1 aliphatic rings. The van der Waals surface area contributed by atoms with Gasteiger partial charge in [-0.15, -0.1) is 0 Å². The van der Waals surface area contributed by atoms with E-state index in [9.17, 15) is 23.1 Å². The van der Waals surface area contributed by atoms with E-state index in [1.807, 2.05) is 0 Å². The van der Waals surface area contributed by atoms with Gasteiger partial charge in [0.2, 0.25) is 0 Å². The van der Waals surface area contributed by atoms with Gasteiger partial charge in [-0.05, 0) is 47.5 Å². The first kappa shape index (κ1) is 22.5. The Morgan fingerprint density at radius 1 is 1.15 bits per heavy atom. The number of hydrogen-bond acceptors (Lipinski definition) is 4. The molecule has 0 radical (unpaired) electrons. The predicted molar refractivity (Wildman–Crippen MR) is 118 cm³/mol. The summed E-state index contributed by atoms with van der Waals surface area (Å²) in [7, 11) is 0. The van der Waals surface area contributed by atoms with Crippen LogP contribution in [0, 0.1) is 11.6 Å². The average Bonchev–Trinajstić information content (AvgIpc) is 3.51. The number of nitrogens with one attached hydrogen (secondary N) is 1. The fourth-order valence-corrected chi connectivity index (χ4v) is 3.62. The molecule has 0 saturated heterocycles. The van der Waals surface area contributed by atoms with E-state index in [0.717, 1.165) is 11.1 Å². The number of aliphatic hydroxyl groups excluding tert-OH is 1. The molecule has 2 heterocycles. The number of amides is 1.